The van der Waals surface area contributed by atoms with E-state index in [1.54, 1.807) is 37.0 Å². The second kappa shape index (κ2) is 11.6. The molecule has 0 radical (unpaired) electrons. The third-order valence-corrected chi connectivity index (χ3v) is 7.46. The Labute approximate surface area is 220 Å². The van der Waals surface area contributed by atoms with Crippen LogP contribution < -0.4 is 20.9 Å². The molecule has 1 aromatic heterocycles. The van der Waals surface area contributed by atoms with Crippen molar-refractivity contribution in [2.75, 3.05) is 6.61 Å². The van der Waals surface area contributed by atoms with Gasteiger partial charge in [-0.15, -0.1) is 0 Å². The number of aromatic amines is 1. The predicted molar refractivity (Wildman–Crippen MR) is 130 cm³/mol. The van der Waals surface area contributed by atoms with Crippen LogP contribution in [0.15, 0.2) is 46.1 Å². The molecule has 1 aliphatic heterocycles. The molecule has 2 heterocycles. The summed E-state index contributed by atoms with van der Waals surface area (Å²) in [5, 5.41) is 13.1. The fourth-order valence-corrected chi connectivity index (χ4v) is 5.34. The van der Waals surface area contributed by atoms with Crippen molar-refractivity contribution in [1.29, 1.82) is 0 Å². The maximum Gasteiger partial charge on any atom is 0.459 e. The second-order valence-electron chi connectivity index (χ2n) is 8.32. The summed E-state index contributed by atoms with van der Waals surface area (Å²) in [5.41, 5.74) is -2.38. The molecule has 2 aromatic rings. The Kier molecular flexibility index (Phi) is 9.23. The zero-order valence-corrected chi connectivity index (χ0v) is 22.2. The van der Waals surface area contributed by atoms with Gasteiger partial charge in [0.25, 0.3) is 5.56 Å². The Hall–Kier alpha value is -2.25. The molecule has 37 heavy (non-hydrogen) atoms. The van der Waals surface area contributed by atoms with Crippen molar-refractivity contribution in [2.24, 2.45) is 0 Å². The minimum absolute atomic E-state index is 0.132. The fraction of sp³-hybridized carbons (Fsp3) is 0.476. The molecule has 0 bridgehead atoms. The Bertz CT molecular complexity index is 1270. The Morgan fingerprint density at radius 1 is 1.30 bits per heavy atom. The molecule has 0 aliphatic carbocycles. The zero-order chi connectivity index (χ0) is 27.5. The third kappa shape index (κ3) is 6.99. The van der Waals surface area contributed by atoms with E-state index in [-0.39, 0.29) is 5.75 Å². The summed E-state index contributed by atoms with van der Waals surface area (Å²) in [5.74, 6) is -1.92. The first-order chi connectivity index (χ1) is 17.2. The van der Waals surface area contributed by atoms with Gasteiger partial charge in [-0.25, -0.2) is 9.36 Å². The van der Waals surface area contributed by atoms with Crippen molar-refractivity contribution >= 4 is 36.9 Å². The van der Waals surface area contributed by atoms with E-state index in [0.29, 0.717) is 10.8 Å². The molecule has 3 rings (SSSR count). The smallest absolute Gasteiger partial charge is 0.459 e. The van der Waals surface area contributed by atoms with E-state index in [4.69, 9.17) is 41.7 Å². The number of nitrogens with zero attached hydrogens (tertiary/aromatic N) is 1. The molecule has 12 nitrogen and oxygen atoms in total. The van der Waals surface area contributed by atoms with E-state index in [1.165, 1.54) is 19.1 Å². The van der Waals surface area contributed by atoms with Crippen molar-refractivity contribution in [2.45, 2.75) is 55.7 Å². The number of aliphatic hydroxyl groups excluding tert-OH is 1. The normalized spacial score (nSPS) is 23.4. The molecule has 16 heteroatoms. The molecule has 0 saturated carbocycles. The first-order valence-electron chi connectivity index (χ1n) is 10.9. The van der Waals surface area contributed by atoms with Crippen molar-refractivity contribution < 1.29 is 37.4 Å². The van der Waals surface area contributed by atoms with E-state index in [1.807, 2.05) is 0 Å². The quantitative estimate of drug-likeness (QED) is 0.215. The number of ether oxygens (including phenoxy) is 2. The lowest BCUT2D eigenvalue weighted by Crippen LogP contribution is -2.42. The van der Waals surface area contributed by atoms with Gasteiger partial charge in [0.15, 0.2) is 10.6 Å². The Morgan fingerprint density at radius 3 is 2.57 bits per heavy atom. The van der Waals surface area contributed by atoms with Crippen LogP contribution in [0.4, 0.5) is 4.39 Å². The van der Waals surface area contributed by atoms with Gasteiger partial charge in [0.2, 0.25) is 5.82 Å². The maximum atomic E-state index is 13.8. The van der Waals surface area contributed by atoms with Crippen LogP contribution in [0.1, 0.15) is 27.0 Å². The fourth-order valence-electron chi connectivity index (χ4n) is 3.25. The molecule has 1 aliphatic rings. The number of esters is 1. The number of rotatable bonds is 10. The molecule has 204 valence electrons. The largest absolute Gasteiger partial charge is 0.462 e. The van der Waals surface area contributed by atoms with Gasteiger partial charge in [0, 0.05) is 0 Å². The van der Waals surface area contributed by atoms with E-state index < -0.39 is 72.3 Å². The lowest BCUT2D eigenvalue weighted by molar-refractivity contribution is -0.149. The number of benzene rings is 1. The first-order valence-corrected chi connectivity index (χ1v) is 13.2. The highest BCUT2D eigenvalue weighted by atomic mass is 35.5. The van der Waals surface area contributed by atoms with Gasteiger partial charge in [0.05, 0.1) is 18.9 Å². The molecule has 1 fully saturated rings. The number of hydrogen-bond donors (Lipinski definition) is 3. The third-order valence-electron chi connectivity index (χ3n) is 4.99. The van der Waals surface area contributed by atoms with Gasteiger partial charge < -0.3 is 19.1 Å². The Morgan fingerprint density at radius 2 is 1.95 bits per heavy atom. The molecule has 5 atom stereocenters. The van der Waals surface area contributed by atoms with Gasteiger partial charge in [-0.1, -0.05) is 41.4 Å². The van der Waals surface area contributed by atoms with Crippen molar-refractivity contribution in [3.8, 4) is 5.75 Å². The monoisotopic (exact) mass is 583 g/mol. The van der Waals surface area contributed by atoms with Crippen LogP contribution in [0, 0.1) is 5.82 Å². The highest BCUT2D eigenvalue weighted by Crippen LogP contribution is 2.49. The number of halogens is 3. The average molecular weight is 584 g/mol. The van der Waals surface area contributed by atoms with Crippen LogP contribution in [-0.4, -0.2) is 55.9 Å². The van der Waals surface area contributed by atoms with E-state index in [0.717, 1.165) is 0 Å². The van der Waals surface area contributed by atoms with Crippen LogP contribution in [0.3, 0.4) is 0 Å². The molecule has 1 saturated heterocycles. The highest BCUT2D eigenvalue weighted by molar-refractivity contribution is 7.52. The molecule has 3 N–H and O–H groups in total. The number of para-hydroxylation sites is 1. The first kappa shape index (κ1) is 29.3. The molecule has 1 aromatic carbocycles. The minimum Gasteiger partial charge on any atom is -0.462 e. The highest BCUT2D eigenvalue weighted by Gasteiger charge is 2.56. The topological polar surface area (TPSA) is 158 Å². The van der Waals surface area contributed by atoms with E-state index in [9.17, 15) is 28.4 Å². The maximum absolute atomic E-state index is 13.8. The SMILES string of the molecule is CC(C)OC(=O)[C@@H](C)N[P@](=O)(OC[C@H]1O[C@@H](n2cc(F)c(=O)[nH]c2=O)C(Cl)(Cl)[C@@H]1O)Oc1ccccc1. The van der Waals surface area contributed by atoms with Gasteiger partial charge in [-0.05, 0) is 32.9 Å². The van der Waals surface area contributed by atoms with Gasteiger partial charge in [-0.3, -0.25) is 23.7 Å². The van der Waals surface area contributed by atoms with Gasteiger partial charge >= 0.3 is 19.4 Å². The van der Waals surface area contributed by atoms with E-state index >= 15 is 0 Å². The number of aliphatic hydroxyl groups is 1. The molecule has 0 unspecified atom stereocenters. The number of carbonyl (C=O) groups is 1. The summed E-state index contributed by atoms with van der Waals surface area (Å²) < 4.78 is 47.3. The van der Waals surface area contributed by atoms with Crippen LogP contribution in [0.5, 0.6) is 5.75 Å². The lowest BCUT2D eigenvalue weighted by Gasteiger charge is -2.25. The summed E-state index contributed by atoms with van der Waals surface area (Å²) >= 11 is 12.4. The number of carbonyl (C=O) groups excluding carboxylic acids is 1. The molecule has 0 spiro atoms. The average Bonchev–Trinajstić information content (AvgIpc) is 3.03. The van der Waals surface area contributed by atoms with Crippen LogP contribution in [-0.2, 0) is 23.4 Å². The van der Waals surface area contributed by atoms with Gasteiger partial charge in [-0.2, -0.15) is 9.48 Å². The number of H-pyrrole nitrogens is 1. The van der Waals surface area contributed by atoms with Crippen LogP contribution in [0.2, 0.25) is 0 Å². The van der Waals surface area contributed by atoms with Crippen LogP contribution in [0.25, 0.3) is 0 Å². The summed E-state index contributed by atoms with van der Waals surface area (Å²) in [4.78, 5) is 37.5. The number of aromatic nitrogens is 2. The van der Waals surface area contributed by atoms with Crippen molar-refractivity contribution in [3.63, 3.8) is 0 Å². The standard InChI is InChI=1S/C21H25Cl2FN3O9P/c1-11(2)34-18(30)12(3)26-37(32,36-13-7-5-4-6-8-13)33-10-15-16(28)21(22,23)19(35-15)27-9-14(24)17(29)25-20(27)31/h4-9,11-12,15-16,19,28H,10H2,1-3H3,(H,26,32)(H,25,29,31)/t12-,15-,16-,19-,37+/m1/s1. The molecular weight excluding hydrogens is 559 g/mol. The number of alkyl halides is 2. The number of nitrogens with one attached hydrogen (secondary N) is 2. The summed E-state index contributed by atoms with van der Waals surface area (Å²) in [6, 6.07) is 6.76. The Balaban J connectivity index is 1.82. The second-order valence-corrected chi connectivity index (χ2v) is 11.5. The summed E-state index contributed by atoms with van der Waals surface area (Å²) in [6.45, 7) is 4.00. The van der Waals surface area contributed by atoms with E-state index in [2.05, 4.69) is 5.09 Å². The predicted octanol–water partition coefficient (Wildman–Crippen LogP) is 2.24. The molecule has 0 amide bonds. The minimum atomic E-state index is -4.34. The van der Waals surface area contributed by atoms with Crippen molar-refractivity contribution in [3.05, 3.63) is 63.2 Å². The number of hydrogen-bond acceptors (Lipinski definition) is 9. The molecular formula is C21H25Cl2FN3O9P. The summed E-state index contributed by atoms with van der Waals surface area (Å²) in [6.07, 6.45) is -4.73. The lowest BCUT2D eigenvalue weighted by atomic mass is 10.2. The zero-order valence-electron chi connectivity index (χ0n) is 19.8. The van der Waals surface area contributed by atoms with Crippen LogP contribution >= 0.6 is 30.9 Å². The summed E-state index contributed by atoms with van der Waals surface area (Å²) in [7, 11) is -4.34. The van der Waals surface area contributed by atoms with Gasteiger partial charge in [0.1, 0.15) is 24.0 Å². The van der Waals surface area contributed by atoms with Crippen molar-refractivity contribution in [1.82, 2.24) is 14.6 Å².